The summed E-state index contributed by atoms with van der Waals surface area (Å²) in [7, 11) is 0. The number of aryl methyl sites for hydroxylation is 1. The summed E-state index contributed by atoms with van der Waals surface area (Å²) >= 11 is 6.06. The molecule has 14 heavy (non-hydrogen) atoms. The predicted octanol–water partition coefficient (Wildman–Crippen LogP) is 4.03. The molecule has 0 unspecified atom stereocenters. The van der Waals surface area contributed by atoms with E-state index in [0.717, 1.165) is 17.3 Å². The number of nitrogens with one attached hydrogen (secondary N) is 1. The molecule has 0 aliphatic rings. The highest BCUT2D eigenvalue weighted by Crippen LogP contribution is 2.24. The van der Waals surface area contributed by atoms with Crippen LogP contribution in [0.2, 0.25) is 5.02 Å². The average molecular weight is 210 g/mol. The molecule has 76 valence electrons. The SMILES string of the molecule is CC(C)=CCNc1c(C)cccc1Cl. The fourth-order valence-electron chi connectivity index (χ4n) is 1.21. The van der Waals surface area contributed by atoms with Gasteiger partial charge < -0.3 is 5.32 Å². The Morgan fingerprint density at radius 2 is 2.14 bits per heavy atom. The molecule has 0 saturated heterocycles. The van der Waals surface area contributed by atoms with E-state index in [1.807, 2.05) is 12.1 Å². The number of para-hydroxylation sites is 1. The Hall–Kier alpha value is -0.950. The summed E-state index contributed by atoms with van der Waals surface area (Å²) in [6, 6.07) is 5.92. The first kappa shape index (κ1) is 11.1. The van der Waals surface area contributed by atoms with E-state index < -0.39 is 0 Å². The quantitative estimate of drug-likeness (QED) is 0.742. The Kier molecular flexibility index (Phi) is 4.02. The Labute approximate surface area is 90.8 Å². The number of rotatable bonds is 3. The van der Waals surface area contributed by atoms with E-state index >= 15 is 0 Å². The minimum Gasteiger partial charge on any atom is -0.380 e. The molecule has 0 aromatic heterocycles. The fourth-order valence-corrected chi connectivity index (χ4v) is 1.50. The predicted molar refractivity (Wildman–Crippen MR) is 64.1 cm³/mol. The molecule has 1 aromatic rings. The molecule has 0 atom stereocenters. The zero-order valence-corrected chi connectivity index (χ0v) is 9.65. The van der Waals surface area contributed by atoms with Crippen molar-refractivity contribution in [3.63, 3.8) is 0 Å². The molecule has 0 radical (unpaired) electrons. The van der Waals surface area contributed by atoms with Crippen molar-refractivity contribution in [2.75, 3.05) is 11.9 Å². The van der Waals surface area contributed by atoms with Crippen molar-refractivity contribution >= 4 is 17.3 Å². The average Bonchev–Trinajstić information content (AvgIpc) is 2.09. The van der Waals surface area contributed by atoms with Gasteiger partial charge >= 0.3 is 0 Å². The second kappa shape index (κ2) is 5.06. The smallest absolute Gasteiger partial charge is 0.0640 e. The zero-order chi connectivity index (χ0) is 10.6. The van der Waals surface area contributed by atoms with Crippen LogP contribution in [0.3, 0.4) is 0 Å². The van der Waals surface area contributed by atoms with Gasteiger partial charge in [0.15, 0.2) is 0 Å². The van der Waals surface area contributed by atoms with E-state index in [9.17, 15) is 0 Å². The summed E-state index contributed by atoms with van der Waals surface area (Å²) in [5, 5.41) is 4.09. The lowest BCUT2D eigenvalue weighted by atomic mass is 10.2. The fraction of sp³-hybridized carbons (Fsp3) is 0.333. The van der Waals surface area contributed by atoms with Gasteiger partial charge in [-0.3, -0.25) is 0 Å². The summed E-state index contributed by atoms with van der Waals surface area (Å²) in [6.45, 7) is 7.05. The molecule has 2 heteroatoms. The van der Waals surface area contributed by atoms with Crippen LogP contribution in [0.25, 0.3) is 0 Å². The zero-order valence-electron chi connectivity index (χ0n) is 8.89. The lowest BCUT2D eigenvalue weighted by Crippen LogP contribution is -2.01. The topological polar surface area (TPSA) is 12.0 Å². The van der Waals surface area contributed by atoms with Gasteiger partial charge in [-0.05, 0) is 32.4 Å². The Morgan fingerprint density at radius 1 is 1.43 bits per heavy atom. The molecule has 0 amide bonds. The summed E-state index contributed by atoms with van der Waals surface area (Å²) < 4.78 is 0. The van der Waals surface area contributed by atoms with Crippen LogP contribution in [-0.4, -0.2) is 6.54 Å². The molecule has 0 heterocycles. The number of benzene rings is 1. The highest BCUT2D eigenvalue weighted by molar-refractivity contribution is 6.33. The normalized spacial score (nSPS) is 9.71. The minimum absolute atomic E-state index is 0.784. The third-order valence-electron chi connectivity index (χ3n) is 2.01. The van der Waals surface area contributed by atoms with Gasteiger partial charge in [0.2, 0.25) is 0 Å². The van der Waals surface area contributed by atoms with Crippen molar-refractivity contribution in [2.24, 2.45) is 0 Å². The van der Waals surface area contributed by atoms with Gasteiger partial charge in [0, 0.05) is 6.54 Å². The molecular weight excluding hydrogens is 194 g/mol. The largest absolute Gasteiger partial charge is 0.380 e. The highest BCUT2D eigenvalue weighted by Gasteiger charge is 2.00. The number of halogens is 1. The van der Waals surface area contributed by atoms with Gasteiger partial charge in [-0.15, -0.1) is 0 Å². The summed E-state index contributed by atoms with van der Waals surface area (Å²) in [5.74, 6) is 0. The van der Waals surface area contributed by atoms with Crippen LogP contribution < -0.4 is 5.32 Å². The summed E-state index contributed by atoms with van der Waals surface area (Å²) in [6.07, 6.45) is 2.14. The van der Waals surface area contributed by atoms with Gasteiger partial charge in [-0.1, -0.05) is 35.4 Å². The van der Waals surface area contributed by atoms with E-state index in [2.05, 4.69) is 38.2 Å². The Bertz CT molecular complexity index is 318. The number of anilines is 1. The van der Waals surface area contributed by atoms with Crippen molar-refractivity contribution in [3.05, 3.63) is 40.4 Å². The van der Waals surface area contributed by atoms with Crippen LogP contribution in [0.15, 0.2) is 29.8 Å². The second-order valence-electron chi connectivity index (χ2n) is 3.59. The molecule has 0 fully saturated rings. The van der Waals surface area contributed by atoms with Crippen LogP contribution in [0.5, 0.6) is 0 Å². The maximum Gasteiger partial charge on any atom is 0.0640 e. The van der Waals surface area contributed by atoms with Crippen molar-refractivity contribution in [1.82, 2.24) is 0 Å². The van der Waals surface area contributed by atoms with Gasteiger partial charge in [0.05, 0.1) is 10.7 Å². The lowest BCUT2D eigenvalue weighted by molar-refractivity contribution is 1.25. The number of hydrogen-bond acceptors (Lipinski definition) is 1. The van der Waals surface area contributed by atoms with E-state index in [1.165, 1.54) is 11.1 Å². The Balaban J connectivity index is 2.71. The minimum atomic E-state index is 0.784. The van der Waals surface area contributed by atoms with Crippen molar-refractivity contribution in [1.29, 1.82) is 0 Å². The maximum atomic E-state index is 6.06. The van der Waals surface area contributed by atoms with E-state index in [-0.39, 0.29) is 0 Å². The van der Waals surface area contributed by atoms with Crippen LogP contribution in [0, 0.1) is 6.92 Å². The van der Waals surface area contributed by atoms with Crippen molar-refractivity contribution < 1.29 is 0 Å². The first-order valence-corrected chi connectivity index (χ1v) is 5.11. The number of allylic oxidation sites excluding steroid dienone is 1. The number of hydrogen-bond donors (Lipinski definition) is 1. The third kappa shape index (κ3) is 3.08. The highest BCUT2D eigenvalue weighted by atomic mass is 35.5. The maximum absolute atomic E-state index is 6.06. The first-order chi connectivity index (χ1) is 6.61. The van der Waals surface area contributed by atoms with E-state index in [1.54, 1.807) is 0 Å². The van der Waals surface area contributed by atoms with Crippen LogP contribution in [0.1, 0.15) is 19.4 Å². The Morgan fingerprint density at radius 3 is 2.71 bits per heavy atom. The van der Waals surface area contributed by atoms with Gasteiger partial charge in [-0.25, -0.2) is 0 Å². The molecule has 0 spiro atoms. The van der Waals surface area contributed by atoms with Crippen molar-refractivity contribution in [3.8, 4) is 0 Å². The van der Waals surface area contributed by atoms with E-state index in [4.69, 9.17) is 11.6 Å². The molecule has 0 bridgehead atoms. The molecule has 1 N–H and O–H groups in total. The summed E-state index contributed by atoms with van der Waals surface area (Å²) in [4.78, 5) is 0. The van der Waals surface area contributed by atoms with Crippen LogP contribution in [0.4, 0.5) is 5.69 Å². The van der Waals surface area contributed by atoms with Gasteiger partial charge in [0.1, 0.15) is 0 Å². The molecule has 1 nitrogen and oxygen atoms in total. The monoisotopic (exact) mass is 209 g/mol. The molecule has 0 aliphatic heterocycles. The van der Waals surface area contributed by atoms with Gasteiger partial charge in [0.25, 0.3) is 0 Å². The van der Waals surface area contributed by atoms with Gasteiger partial charge in [-0.2, -0.15) is 0 Å². The molecule has 1 rings (SSSR count). The summed E-state index contributed by atoms with van der Waals surface area (Å²) in [5.41, 5.74) is 3.52. The van der Waals surface area contributed by atoms with Crippen LogP contribution in [-0.2, 0) is 0 Å². The third-order valence-corrected chi connectivity index (χ3v) is 2.33. The second-order valence-corrected chi connectivity index (χ2v) is 4.00. The standard InChI is InChI=1S/C12H16ClN/c1-9(2)7-8-14-12-10(3)5-4-6-11(12)13/h4-7,14H,8H2,1-3H3. The molecule has 0 aliphatic carbocycles. The first-order valence-electron chi connectivity index (χ1n) is 4.73. The van der Waals surface area contributed by atoms with Crippen molar-refractivity contribution in [2.45, 2.75) is 20.8 Å². The van der Waals surface area contributed by atoms with Crippen LogP contribution >= 0.6 is 11.6 Å². The molecular formula is C12H16ClN. The molecule has 0 saturated carbocycles. The molecule has 1 aromatic carbocycles. The lowest BCUT2D eigenvalue weighted by Gasteiger charge is -2.09. The van der Waals surface area contributed by atoms with E-state index in [0.29, 0.717) is 0 Å².